The molecule has 1 saturated heterocycles. The highest BCUT2D eigenvalue weighted by molar-refractivity contribution is 5.78. The van der Waals surface area contributed by atoms with E-state index in [-0.39, 0.29) is 5.91 Å². The molecule has 102 valence electrons. The molecule has 1 amide bonds. The van der Waals surface area contributed by atoms with Gasteiger partial charge in [-0.1, -0.05) is 13.3 Å². The first kappa shape index (κ1) is 13.4. The Labute approximate surface area is 108 Å². The second-order valence-electron chi connectivity index (χ2n) is 5.82. The SMILES string of the molecule is CCC1(C(=O)O)CCN(C(=O)CC2CCC2)CC1. The summed E-state index contributed by atoms with van der Waals surface area (Å²) in [6.45, 7) is 3.16. The van der Waals surface area contributed by atoms with E-state index in [1.165, 1.54) is 19.3 Å². The van der Waals surface area contributed by atoms with Gasteiger partial charge in [-0.25, -0.2) is 0 Å². The van der Waals surface area contributed by atoms with E-state index in [1.807, 2.05) is 11.8 Å². The van der Waals surface area contributed by atoms with Crippen LogP contribution >= 0.6 is 0 Å². The number of likely N-dealkylation sites (tertiary alicyclic amines) is 1. The number of carbonyl (C=O) groups excluding carboxylic acids is 1. The largest absolute Gasteiger partial charge is 0.481 e. The lowest BCUT2D eigenvalue weighted by Gasteiger charge is -2.39. The number of piperidine rings is 1. The summed E-state index contributed by atoms with van der Waals surface area (Å²) in [7, 11) is 0. The lowest BCUT2D eigenvalue weighted by molar-refractivity contribution is -0.154. The molecule has 0 spiro atoms. The standard InChI is InChI=1S/C14H23NO3/c1-2-14(13(17)18)6-8-15(9-7-14)12(16)10-11-4-3-5-11/h11H,2-10H2,1H3,(H,17,18). The molecule has 4 nitrogen and oxygen atoms in total. The Morgan fingerprint density at radius 2 is 1.89 bits per heavy atom. The van der Waals surface area contributed by atoms with Crippen LogP contribution in [0.15, 0.2) is 0 Å². The molecule has 2 aliphatic rings. The number of rotatable bonds is 4. The topological polar surface area (TPSA) is 57.6 Å². The Morgan fingerprint density at radius 1 is 1.28 bits per heavy atom. The van der Waals surface area contributed by atoms with Gasteiger partial charge in [0.15, 0.2) is 0 Å². The van der Waals surface area contributed by atoms with Gasteiger partial charge in [-0.2, -0.15) is 0 Å². The Bertz CT molecular complexity index is 328. The summed E-state index contributed by atoms with van der Waals surface area (Å²) in [5, 5.41) is 9.30. The molecule has 0 bridgehead atoms. The maximum absolute atomic E-state index is 12.0. The van der Waals surface area contributed by atoms with Gasteiger partial charge in [0.2, 0.25) is 5.91 Å². The van der Waals surface area contributed by atoms with Crippen molar-refractivity contribution in [1.29, 1.82) is 0 Å². The number of carbonyl (C=O) groups is 2. The maximum Gasteiger partial charge on any atom is 0.309 e. The van der Waals surface area contributed by atoms with E-state index in [4.69, 9.17) is 0 Å². The van der Waals surface area contributed by atoms with E-state index in [1.54, 1.807) is 0 Å². The molecule has 1 aliphatic heterocycles. The minimum absolute atomic E-state index is 0.231. The molecule has 0 radical (unpaired) electrons. The lowest BCUT2D eigenvalue weighted by Crippen LogP contribution is -2.46. The quantitative estimate of drug-likeness (QED) is 0.836. The Hall–Kier alpha value is -1.06. The van der Waals surface area contributed by atoms with Crippen molar-refractivity contribution >= 4 is 11.9 Å². The highest BCUT2D eigenvalue weighted by Crippen LogP contribution is 2.36. The minimum Gasteiger partial charge on any atom is -0.481 e. The van der Waals surface area contributed by atoms with Crippen LogP contribution in [-0.4, -0.2) is 35.0 Å². The summed E-state index contributed by atoms with van der Waals surface area (Å²) in [6.07, 6.45) is 6.18. The third-order valence-electron chi connectivity index (χ3n) is 4.89. The molecule has 1 heterocycles. The van der Waals surface area contributed by atoms with Crippen molar-refractivity contribution < 1.29 is 14.7 Å². The second kappa shape index (κ2) is 5.29. The van der Waals surface area contributed by atoms with Crippen molar-refractivity contribution in [2.75, 3.05) is 13.1 Å². The predicted octanol–water partition coefficient (Wildman–Crippen LogP) is 2.28. The number of amides is 1. The number of aliphatic carboxylic acids is 1. The maximum atomic E-state index is 12.0. The van der Waals surface area contributed by atoms with E-state index in [9.17, 15) is 14.7 Å². The van der Waals surface area contributed by atoms with Crippen LogP contribution in [-0.2, 0) is 9.59 Å². The fourth-order valence-corrected chi connectivity index (χ4v) is 2.98. The number of hydrogen-bond donors (Lipinski definition) is 1. The summed E-state index contributed by atoms with van der Waals surface area (Å²) in [5.41, 5.74) is -0.590. The van der Waals surface area contributed by atoms with Gasteiger partial charge in [0.1, 0.15) is 0 Å². The first-order chi connectivity index (χ1) is 8.57. The van der Waals surface area contributed by atoms with Crippen molar-refractivity contribution in [3.63, 3.8) is 0 Å². The molecular weight excluding hydrogens is 230 g/mol. The fourth-order valence-electron chi connectivity index (χ4n) is 2.98. The fraction of sp³-hybridized carbons (Fsp3) is 0.857. The van der Waals surface area contributed by atoms with Gasteiger partial charge in [-0.05, 0) is 38.0 Å². The van der Waals surface area contributed by atoms with E-state index < -0.39 is 11.4 Å². The lowest BCUT2D eigenvalue weighted by atomic mass is 9.76. The molecule has 0 unspecified atom stereocenters. The van der Waals surface area contributed by atoms with Gasteiger partial charge in [-0.15, -0.1) is 0 Å². The smallest absolute Gasteiger partial charge is 0.309 e. The van der Waals surface area contributed by atoms with Crippen molar-refractivity contribution in [1.82, 2.24) is 4.90 Å². The van der Waals surface area contributed by atoms with Crippen LogP contribution in [0.5, 0.6) is 0 Å². The van der Waals surface area contributed by atoms with Crippen LogP contribution in [0.1, 0.15) is 51.9 Å². The molecule has 0 aromatic rings. The molecule has 0 atom stereocenters. The highest BCUT2D eigenvalue weighted by atomic mass is 16.4. The molecule has 1 aliphatic carbocycles. The average Bonchev–Trinajstić information content (AvgIpc) is 2.33. The van der Waals surface area contributed by atoms with Crippen molar-refractivity contribution in [2.24, 2.45) is 11.3 Å². The van der Waals surface area contributed by atoms with Crippen LogP contribution in [0, 0.1) is 11.3 Å². The van der Waals surface area contributed by atoms with E-state index >= 15 is 0 Å². The molecule has 4 heteroatoms. The molecule has 2 rings (SSSR count). The number of carboxylic acid groups (broad SMARTS) is 1. The average molecular weight is 253 g/mol. The summed E-state index contributed by atoms with van der Waals surface area (Å²) < 4.78 is 0. The number of nitrogens with zero attached hydrogens (tertiary/aromatic N) is 1. The summed E-state index contributed by atoms with van der Waals surface area (Å²) >= 11 is 0. The minimum atomic E-state index is -0.698. The molecular formula is C14H23NO3. The number of hydrogen-bond acceptors (Lipinski definition) is 2. The third-order valence-corrected chi connectivity index (χ3v) is 4.89. The van der Waals surface area contributed by atoms with Gasteiger partial charge in [0, 0.05) is 19.5 Å². The van der Waals surface area contributed by atoms with Gasteiger partial charge in [0.05, 0.1) is 5.41 Å². The Kier molecular flexibility index (Phi) is 3.93. The Balaban J connectivity index is 1.85. The number of carboxylic acids is 1. The summed E-state index contributed by atoms with van der Waals surface area (Å²) in [6, 6.07) is 0. The first-order valence-corrected chi connectivity index (χ1v) is 7.08. The zero-order valence-electron chi connectivity index (χ0n) is 11.2. The molecule has 18 heavy (non-hydrogen) atoms. The monoisotopic (exact) mass is 253 g/mol. The van der Waals surface area contributed by atoms with Gasteiger partial charge in [0.25, 0.3) is 0 Å². The van der Waals surface area contributed by atoms with Gasteiger partial charge in [-0.3, -0.25) is 9.59 Å². The van der Waals surface area contributed by atoms with Crippen LogP contribution < -0.4 is 0 Å². The van der Waals surface area contributed by atoms with Crippen LogP contribution in [0.25, 0.3) is 0 Å². The zero-order valence-corrected chi connectivity index (χ0v) is 11.2. The van der Waals surface area contributed by atoms with Crippen LogP contribution in [0.4, 0.5) is 0 Å². The second-order valence-corrected chi connectivity index (χ2v) is 5.82. The first-order valence-electron chi connectivity index (χ1n) is 7.08. The summed E-state index contributed by atoms with van der Waals surface area (Å²) in [4.78, 5) is 25.2. The van der Waals surface area contributed by atoms with Crippen molar-refractivity contribution in [3.8, 4) is 0 Å². The van der Waals surface area contributed by atoms with Gasteiger partial charge < -0.3 is 10.0 Å². The van der Waals surface area contributed by atoms with Crippen LogP contribution in [0.3, 0.4) is 0 Å². The van der Waals surface area contributed by atoms with E-state index in [0.29, 0.717) is 44.7 Å². The van der Waals surface area contributed by atoms with E-state index in [2.05, 4.69) is 0 Å². The molecule has 0 aromatic carbocycles. The molecule has 2 fully saturated rings. The summed E-state index contributed by atoms with van der Waals surface area (Å²) in [5.74, 6) is 0.126. The molecule has 1 N–H and O–H groups in total. The molecule has 1 saturated carbocycles. The van der Waals surface area contributed by atoms with Gasteiger partial charge >= 0.3 is 5.97 Å². The van der Waals surface area contributed by atoms with Crippen molar-refractivity contribution in [2.45, 2.75) is 51.9 Å². The normalized spacial score (nSPS) is 23.5. The predicted molar refractivity (Wildman–Crippen MR) is 68.1 cm³/mol. The van der Waals surface area contributed by atoms with E-state index in [0.717, 1.165) is 0 Å². The van der Waals surface area contributed by atoms with Crippen LogP contribution in [0.2, 0.25) is 0 Å². The zero-order chi connectivity index (χ0) is 13.2. The Morgan fingerprint density at radius 3 is 2.28 bits per heavy atom. The third kappa shape index (κ3) is 2.52. The molecule has 0 aromatic heterocycles. The highest BCUT2D eigenvalue weighted by Gasteiger charge is 2.41. The van der Waals surface area contributed by atoms with Crippen molar-refractivity contribution in [3.05, 3.63) is 0 Å².